The van der Waals surface area contributed by atoms with Gasteiger partial charge < -0.3 is 5.32 Å². The molecule has 0 fully saturated rings. The molecule has 1 heteroatoms. The normalized spacial score (nSPS) is 25.7. The Hall–Kier alpha value is -0.300. The average molecular weight is 139 g/mol. The van der Waals surface area contributed by atoms with Crippen LogP contribution in [0, 0.1) is 0 Å². The van der Waals surface area contributed by atoms with Crippen LogP contribution in [0.15, 0.2) is 12.2 Å². The van der Waals surface area contributed by atoms with E-state index in [1.165, 1.54) is 19.3 Å². The van der Waals surface area contributed by atoms with Gasteiger partial charge in [0.15, 0.2) is 0 Å². The first-order valence-electron chi connectivity index (χ1n) is 4.22. The van der Waals surface area contributed by atoms with Gasteiger partial charge in [-0.2, -0.15) is 0 Å². The summed E-state index contributed by atoms with van der Waals surface area (Å²) < 4.78 is 0. The van der Waals surface area contributed by atoms with Crippen LogP contribution in [-0.2, 0) is 0 Å². The number of nitrogens with one attached hydrogen (secondary N) is 1. The molecule has 0 aromatic heterocycles. The molecule has 0 saturated heterocycles. The van der Waals surface area contributed by atoms with E-state index in [0.29, 0.717) is 12.1 Å². The van der Waals surface area contributed by atoms with Gasteiger partial charge in [-0.05, 0) is 19.3 Å². The van der Waals surface area contributed by atoms with E-state index in [1.807, 2.05) is 0 Å². The second-order valence-corrected chi connectivity index (χ2v) is 3.29. The molecule has 58 valence electrons. The lowest BCUT2D eigenvalue weighted by molar-refractivity contribution is 0.476. The van der Waals surface area contributed by atoms with Gasteiger partial charge in [0.2, 0.25) is 0 Å². The van der Waals surface area contributed by atoms with E-state index < -0.39 is 0 Å². The minimum atomic E-state index is 0.618. The molecule has 10 heavy (non-hydrogen) atoms. The van der Waals surface area contributed by atoms with Crippen molar-refractivity contribution in [1.29, 1.82) is 0 Å². The molecule has 0 saturated carbocycles. The van der Waals surface area contributed by atoms with Crippen molar-refractivity contribution in [3.63, 3.8) is 0 Å². The van der Waals surface area contributed by atoms with Crippen molar-refractivity contribution in [3.05, 3.63) is 12.2 Å². The van der Waals surface area contributed by atoms with Crippen molar-refractivity contribution in [3.8, 4) is 0 Å². The van der Waals surface area contributed by atoms with Crippen molar-refractivity contribution in [1.82, 2.24) is 5.32 Å². The third-order valence-electron chi connectivity index (χ3n) is 1.80. The maximum absolute atomic E-state index is 3.49. The molecule has 1 nitrogen and oxygen atoms in total. The molecule has 0 spiro atoms. The molecule has 1 aliphatic rings. The molecule has 0 amide bonds. The molecule has 0 radical (unpaired) electrons. The summed E-state index contributed by atoms with van der Waals surface area (Å²) in [6.45, 7) is 4.39. The van der Waals surface area contributed by atoms with Gasteiger partial charge in [-0.3, -0.25) is 0 Å². The van der Waals surface area contributed by atoms with E-state index in [9.17, 15) is 0 Å². The van der Waals surface area contributed by atoms with Gasteiger partial charge in [0.05, 0.1) is 0 Å². The Labute approximate surface area is 63.5 Å². The summed E-state index contributed by atoms with van der Waals surface area (Å²) in [5.41, 5.74) is 0. The van der Waals surface area contributed by atoms with E-state index in [1.54, 1.807) is 0 Å². The van der Waals surface area contributed by atoms with E-state index in [4.69, 9.17) is 0 Å². The highest BCUT2D eigenvalue weighted by Crippen LogP contribution is 2.10. The first kappa shape index (κ1) is 7.80. The fourth-order valence-corrected chi connectivity index (χ4v) is 1.38. The van der Waals surface area contributed by atoms with E-state index in [2.05, 4.69) is 31.3 Å². The highest BCUT2D eigenvalue weighted by atomic mass is 14.9. The van der Waals surface area contributed by atoms with Crippen LogP contribution in [0.1, 0.15) is 33.1 Å². The van der Waals surface area contributed by atoms with E-state index in [0.717, 1.165) is 0 Å². The third-order valence-corrected chi connectivity index (χ3v) is 1.80. The zero-order chi connectivity index (χ0) is 7.40. The van der Waals surface area contributed by atoms with Gasteiger partial charge in [-0.25, -0.2) is 0 Å². The quantitative estimate of drug-likeness (QED) is 0.578. The monoisotopic (exact) mass is 139 g/mol. The molecule has 0 bridgehead atoms. The molecule has 0 heterocycles. The second kappa shape index (κ2) is 3.77. The SMILES string of the molecule is CC(C)N[C@H]1C=CCCC1. The molecule has 1 atom stereocenters. The molecule has 1 aliphatic carbocycles. The summed E-state index contributed by atoms with van der Waals surface area (Å²) >= 11 is 0. The van der Waals surface area contributed by atoms with Crippen molar-refractivity contribution in [2.24, 2.45) is 0 Å². The van der Waals surface area contributed by atoms with Gasteiger partial charge >= 0.3 is 0 Å². The Bertz CT molecular complexity index is 116. The van der Waals surface area contributed by atoms with Gasteiger partial charge in [-0.1, -0.05) is 26.0 Å². The molecule has 1 N–H and O–H groups in total. The molecule has 0 unspecified atom stereocenters. The van der Waals surface area contributed by atoms with Crippen LogP contribution in [0.25, 0.3) is 0 Å². The maximum Gasteiger partial charge on any atom is 0.0252 e. The van der Waals surface area contributed by atoms with Crippen LogP contribution < -0.4 is 5.32 Å². The zero-order valence-electron chi connectivity index (χ0n) is 6.93. The summed E-state index contributed by atoms with van der Waals surface area (Å²) in [4.78, 5) is 0. The molecule has 1 rings (SSSR count). The fourth-order valence-electron chi connectivity index (χ4n) is 1.38. The lowest BCUT2D eigenvalue weighted by atomic mass is 10.0. The molecule has 0 aromatic carbocycles. The predicted molar refractivity (Wildman–Crippen MR) is 45.1 cm³/mol. The highest BCUT2D eigenvalue weighted by Gasteiger charge is 2.07. The second-order valence-electron chi connectivity index (χ2n) is 3.29. The van der Waals surface area contributed by atoms with Gasteiger partial charge in [0.1, 0.15) is 0 Å². The van der Waals surface area contributed by atoms with Crippen LogP contribution in [-0.4, -0.2) is 12.1 Å². The van der Waals surface area contributed by atoms with E-state index >= 15 is 0 Å². The molecule has 0 aliphatic heterocycles. The number of hydrogen-bond donors (Lipinski definition) is 1. The van der Waals surface area contributed by atoms with Crippen molar-refractivity contribution in [2.75, 3.05) is 0 Å². The summed E-state index contributed by atoms with van der Waals surface area (Å²) in [5.74, 6) is 0. The highest BCUT2D eigenvalue weighted by molar-refractivity contribution is 4.97. The van der Waals surface area contributed by atoms with Crippen molar-refractivity contribution < 1.29 is 0 Å². The fraction of sp³-hybridized carbons (Fsp3) is 0.778. The Morgan fingerprint density at radius 1 is 1.50 bits per heavy atom. The number of allylic oxidation sites excluding steroid dienone is 1. The van der Waals surface area contributed by atoms with Crippen LogP contribution >= 0.6 is 0 Å². The minimum Gasteiger partial charge on any atom is -0.308 e. The number of rotatable bonds is 2. The smallest absolute Gasteiger partial charge is 0.0252 e. The molecular formula is C9H17N. The van der Waals surface area contributed by atoms with Crippen LogP contribution in [0.4, 0.5) is 0 Å². The Morgan fingerprint density at radius 3 is 2.80 bits per heavy atom. The van der Waals surface area contributed by atoms with Crippen molar-refractivity contribution >= 4 is 0 Å². The maximum atomic E-state index is 3.49. The van der Waals surface area contributed by atoms with Gasteiger partial charge in [0.25, 0.3) is 0 Å². The topological polar surface area (TPSA) is 12.0 Å². The van der Waals surface area contributed by atoms with Gasteiger partial charge in [0, 0.05) is 12.1 Å². The Morgan fingerprint density at radius 2 is 2.30 bits per heavy atom. The summed E-state index contributed by atoms with van der Waals surface area (Å²) in [6, 6.07) is 1.27. The van der Waals surface area contributed by atoms with Crippen LogP contribution in [0.5, 0.6) is 0 Å². The van der Waals surface area contributed by atoms with Crippen molar-refractivity contribution in [2.45, 2.75) is 45.2 Å². The third kappa shape index (κ3) is 2.53. The summed E-state index contributed by atoms with van der Waals surface area (Å²) in [5, 5.41) is 3.49. The summed E-state index contributed by atoms with van der Waals surface area (Å²) in [6.07, 6.45) is 8.51. The van der Waals surface area contributed by atoms with Crippen LogP contribution in [0.3, 0.4) is 0 Å². The zero-order valence-corrected chi connectivity index (χ0v) is 6.93. The molecule has 0 aromatic rings. The predicted octanol–water partition coefficient (Wildman–Crippen LogP) is 2.09. The van der Waals surface area contributed by atoms with Crippen LogP contribution in [0.2, 0.25) is 0 Å². The standard InChI is InChI=1S/C9H17N/c1-8(2)10-9-6-4-3-5-7-9/h4,6,8-10H,3,5,7H2,1-2H3/t9-/m0/s1. The largest absolute Gasteiger partial charge is 0.308 e. The first-order valence-corrected chi connectivity index (χ1v) is 4.22. The Balaban J connectivity index is 2.26. The minimum absolute atomic E-state index is 0.618. The summed E-state index contributed by atoms with van der Waals surface area (Å²) in [7, 11) is 0. The lowest BCUT2D eigenvalue weighted by Crippen LogP contribution is -2.33. The van der Waals surface area contributed by atoms with Gasteiger partial charge in [-0.15, -0.1) is 0 Å². The average Bonchev–Trinajstić information content (AvgIpc) is 1.88. The lowest BCUT2D eigenvalue weighted by Gasteiger charge is -2.20. The Kier molecular flexibility index (Phi) is 2.94. The number of hydrogen-bond acceptors (Lipinski definition) is 1. The first-order chi connectivity index (χ1) is 4.79. The van der Waals surface area contributed by atoms with E-state index in [-0.39, 0.29) is 0 Å². The molecular weight excluding hydrogens is 122 g/mol.